The van der Waals surface area contributed by atoms with E-state index in [0.717, 1.165) is 43.6 Å². The Balaban J connectivity index is 1.54. The molecule has 0 bridgehead atoms. The van der Waals surface area contributed by atoms with Crippen molar-refractivity contribution in [1.29, 1.82) is 0 Å². The van der Waals surface area contributed by atoms with Crippen LogP contribution in [-0.2, 0) is 4.79 Å². The highest BCUT2D eigenvalue weighted by molar-refractivity contribution is 5.81. The summed E-state index contributed by atoms with van der Waals surface area (Å²) in [4.78, 5) is 14.5. The van der Waals surface area contributed by atoms with E-state index in [0.29, 0.717) is 11.7 Å². The highest BCUT2D eigenvalue weighted by Crippen LogP contribution is 2.38. The molecule has 0 aromatic heterocycles. The SMILES string of the molecule is CC1CCC(=O)C(CN2CC3CCCC3C2)C1. The molecular weight excluding hydrogens is 210 g/mol. The number of ketones is 1. The fourth-order valence-corrected chi connectivity index (χ4v) is 4.30. The van der Waals surface area contributed by atoms with Crippen LogP contribution in [0, 0.1) is 23.7 Å². The van der Waals surface area contributed by atoms with E-state index in [2.05, 4.69) is 11.8 Å². The number of rotatable bonds is 2. The van der Waals surface area contributed by atoms with Crippen LogP contribution in [0.1, 0.15) is 45.4 Å². The lowest BCUT2D eigenvalue weighted by molar-refractivity contribution is -0.126. The van der Waals surface area contributed by atoms with Gasteiger partial charge in [-0.25, -0.2) is 0 Å². The van der Waals surface area contributed by atoms with Crippen LogP contribution < -0.4 is 0 Å². The number of likely N-dealkylation sites (tertiary alicyclic amines) is 1. The van der Waals surface area contributed by atoms with E-state index < -0.39 is 0 Å². The molecule has 2 aliphatic carbocycles. The molecule has 0 aromatic rings. The molecule has 0 N–H and O–H groups in total. The standard InChI is InChI=1S/C15H25NO/c1-11-5-6-15(17)14(7-11)10-16-8-12-3-2-4-13(12)9-16/h11-14H,2-10H2,1H3. The van der Waals surface area contributed by atoms with Crippen LogP contribution in [0.4, 0.5) is 0 Å². The van der Waals surface area contributed by atoms with E-state index in [-0.39, 0.29) is 0 Å². The fraction of sp³-hybridized carbons (Fsp3) is 0.933. The van der Waals surface area contributed by atoms with E-state index in [4.69, 9.17) is 0 Å². The maximum absolute atomic E-state index is 11.9. The first-order valence-electron chi connectivity index (χ1n) is 7.47. The molecular formula is C15H25NO. The van der Waals surface area contributed by atoms with E-state index in [1.54, 1.807) is 0 Å². The Morgan fingerprint density at radius 3 is 2.59 bits per heavy atom. The summed E-state index contributed by atoms with van der Waals surface area (Å²) in [7, 11) is 0. The average molecular weight is 235 g/mol. The Bertz CT molecular complexity index is 289. The third-order valence-electron chi connectivity index (χ3n) is 5.31. The van der Waals surface area contributed by atoms with E-state index in [9.17, 15) is 4.79 Å². The summed E-state index contributed by atoms with van der Waals surface area (Å²) in [5.41, 5.74) is 0. The lowest BCUT2D eigenvalue weighted by Crippen LogP contribution is -2.35. The zero-order valence-electron chi connectivity index (χ0n) is 11.0. The smallest absolute Gasteiger partial charge is 0.137 e. The lowest BCUT2D eigenvalue weighted by atomic mass is 9.81. The molecule has 0 spiro atoms. The van der Waals surface area contributed by atoms with Gasteiger partial charge in [0.15, 0.2) is 0 Å². The average Bonchev–Trinajstić information content (AvgIpc) is 2.83. The van der Waals surface area contributed by atoms with Gasteiger partial charge in [0.1, 0.15) is 5.78 Å². The molecule has 0 radical (unpaired) electrons. The second-order valence-electron chi connectivity index (χ2n) is 6.71. The molecule has 0 amide bonds. The van der Waals surface area contributed by atoms with Crippen molar-refractivity contribution >= 4 is 5.78 Å². The third-order valence-corrected chi connectivity index (χ3v) is 5.31. The first-order chi connectivity index (χ1) is 8.22. The van der Waals surface area contributed by atoms with Gasteiger partial charge >= 0.3 is 0 Å². The van der Waals surface area contributed by atoms with Gasteiger partial charge in [0.2, 0.25) is 0 Å². The van der Waals surface area contributed by atoms with Gasteiger partial charge in [-0.3, -0.25) is 4.79 Å². The minimum absolute atomic E-state index is 0.359. The quantitative estimate of drug-likeness (QED) is 0.733. The molecule has 4 unspecified atom stereocenters. The summed E-state index contributed by atoms with van der Waals surface area (Å²) < 4.78 is 0. The van der Waals surface area contributed by atoms with Gasteiger partial charge in [0, 0.05) is 32.0 Å². The molecule has 1 saturated heterocycles. The summed E-state index contributed by atoms with van der Waals surface area (Å²) in [5, 5.41) is 0. The summed E-state index contributed by atoms with van der Waals surface area (Å²) in [6.07, 6.45) is 7.44. The predicted molar refractivity (Wildman–Crippen MR) is 68.8 cm³/mol. The summed E-state index contributed by atoms with van der Waals surface area (Å²) in [6, 6.07) is 0. The van der Waals surface area contributed by atoms with Crippen molar-refractivity contribution in [2.45, 2.75) is 45.4 Å². The number of carbonyl (C=O) groups excluding carboxylic acids is 1. The first-order valence-corrected chi connectivity index (χ1v) is 7.47. The predicted octanol–water partition coefficient (Wildman–Crippen LogP) is 2.72. The Morgan fingerprint density at radius 2 is 1.88 bits per heavy atom. The molecule has 1 heterocycles. The molecule has 3 fully saturated rings. The van der Waals surface area contributed by atoms with Crippen LogP contribution in [0.3, 0.4) is 0 Å². The van der Waals surface area contributed by atoms with Crippen LogP contribution in [0.25, 0.3) is 0 Å². The minimum atomic E-state index is 0.359. The van der Waals surface area contributed by atoms with Gasteiger partial charge in [0.05, 0.1) is 0 Å². The summed E-state index contributed by atoms with van der Waals surface area (Å²) >= 11 is 0. The second kappa shape index (κ2) is 4.72. The van der Waals surface area contributed by atoms with Gasteiger partial charge in [-0.05, 0) is 43.4 Å². The normalized spacial score (nSPS) is 43.0. The van der Waals surface area contributed by atoms with Crippen LogP contribution in [0.15, 0.2) is 0 Å². The molecule has 3 aliphatic rings. The molecule has 2 nitrogen and oxygen atoms in total. The number of hydrogen-bond donors (Lipinski definition) is 0. The number of hydrogen-bond acceptors (Lipinski definition) is 2. The van der Waals surface area contributed by atoms with Crippen molar-refractivity contribution in [2.75, 3.05) is 19.6 Å². The van der Waals surface area contributed by atoms with Crippen LogP contribution in [0.5, 0.6) is 0 Å². The largest absolute Gasteiger partial charge is 0.302 e. The van der Waals surface area contributed by atoms with Crippen LogP contribution in [0.2, 0.25) is 0 Å². The molecule has 1 aliphatic heterocycles. The maximum atomic E-state index is 11.9. The molecule has 96 valence electrons. The van der Waals surface area contributed by atoms with Crippen molar-refractivity contribution in [3.05, 3.63) is 0 Å². The molecule has 0 aromatic carbocycles. The lowest BCUT2D eigenvalue weighted by Gasteiger charge is -2.29. The Labute approximate surface area is 105 Å². The van der Waals surface area contributed by atoms with Gasteiger partial charge in [-0.1, -0.05) is 13.3 Å². The maximum Gasteiger partial charge on any atom is 0.137 e. The Kier molecular flexibility index (Phi) is 3.25. The summed E-state index contributed by atoms with van der Waals surface area (Å²) in [6.45, 7) is 5.93. The van der Waals surface area contributed by atoms with Gasteiger partial charge in [-0.15, -0.1) is 0 Å². The zero-order valence-corrected chi connectivity index (χ0v) is 11.0. The highest BCUT2D eigenvalue weighted by atomic mass is 16.1. The van der Waals surface area contributed by atoms with Crippen molar-refractivity contribution in [2.24, 2.45) is 23.7 Å². The number of carbonyl (C=O) groups is 1. The van der Waals surface area contributed by atoms with Gasteiger partial charge in [-0.2, -0.15) is 0 Å². The van der Waals surface area contributed by atoms with Crippen LogP contribution >= 0.6 is 0 Å². The molecule has 2 heteroatoms. The number of Topliss-reactive ketones (excluding diaryl/α,β-unsaturated/α-hetero) is 1. The number of fused-ring (bicyclic) bond motifs is 1. The minimum Gasteiger partial charge on any atom is -0.302 e. The molecule has 3 rings (SSSR count). The fourth-order valence-electron chi connectivity index (χ4n) is 4.30. The van der Waals surface area contributed by atoms with Crippen LogP contribution in [-0.4, -0.2) is 30.3 Å². The first kappa shape index (κ1) is 11.7. The second-order valence-corrected chi connectivity index (χ2v) is 6.71. The van der Waals surface area contributed by atoms with Crippen molar-refractivity contribution in [3.63, 3.8) is 0 Å². The van der Waals surface area contributed by atoms with Crippen molar-refractivity contribution in [1.82, 2.24) is 4.90 Å². The van der Waals surface area contributed by atoms with Crippen molar-refractivity contribution < 1.29 is 4.79 Å². The van der Waals surface area contributed by atoms with Gasteiger partial charge in [0.25, 0.3) is 0 Å². The highest BCUT2D eigenvalue weighted by Gasteiger charge is 2.38. The third kappa shape index (κ3) is 2.42. The van der Waals surface area contributed by atoms with E-state index in [1.807, 2.05) is 0 Å². The Hall–Kier alpha value is -0.370. The van der Waals surface area contributed by atoms with E-state index >= 15 is 0 Å². The molecule has 2 saturated carbocycles. The van der Waals surface area contributed by atoms with E-state index in [1.165, 1.54) is 32.4 Å². The summed E-state index contributed by atoms with van der Waals surface area (Å²) in [5.74, 6) is 3.59. The monoisotopic (exact) mass is 235 g/mol. The Morgan fingerprint density at radius 1 is 1.18 bits per heavy atom. The molecule has 17 heavy (non-hydrogen) atoms. The topological polar surface area (TPSA) is 20.3 Å². The van der Waals surface area contributed by atoms with Gasteiger partial charge < -0.3 is 4.90 Å². The van der Waals surface area contributed by atoms with Crippen molar-refractivity contribution in [3.8, 4) is 0 Å². The molecule has 4 atom stereocenters. The zero-order chi connectivity index (χ0) is 11.8. The number of nitrogens with zero attached hydrogens (tertiary/aromatic N) is 1.